The number of carbonyl (C=O) groups is 2. The van der Waals surface area contributed by atoms with Gasteiger partial charge in [0.2, 0.25) is 5.91 Å². The molecule has 23 heavy (non-hydrogen) atoms. The van der Waals surface area contributed by atoms with Gasteiger partial charge in [-0.25, -0.2) is 0 Å². The molecule has 1 aromatic carbocycles. The predicted octanol–water partition coefficient (Wildman–Crippen LogP) is 1.16. The van der Waals surface area contributed by atoms with E-state index in [0.29, 0.717) is 23.0 Å². The molecule has 7 heteroatoms. The van der Waals surface area contributed by atoms with Gasteiger partial charge < -0.3 is 16.4 Å². The summed E-state index contributed by atoms with van der Waals surface area (Å²) in [7, 11) is 0. The number of amides is 2. The molecule has 1 saturated heterocycles. The van der Waals surface area contributed by atoms with Crippen molar-refractivity contribution in [2.75, 3.05) is 18.4 Å². The smallest absolute Gasteiger partial charge is 0.276 e. The first-order valence-electron chi connectivity index (χ1n) is 7.60. The van der Waals surface area contributed by atoms with Gasteiger partial charge in [-0.1, -0.05) is 0 Å². The quantitative estimate of drug-likeness (QED) is 0.788. The molecular formula is C16H19N5O2. The molecule has 2 heterocycles. The summed E-state index contributed by atoms with van der Waals surface area (Å²) in [4.78, 5) is 23.3. The maximum absolute atomic E-state index is 12.2. The summed E-state index contributed by atoms with van der Waals surface area (Å²) in [6, 6.07) is 8.43. The molecule has 1 aliphatic heterocycles. The van der Waals surface area contributed by atoms with E-state index in [0.717, 1.165) is 25.9 Å². The second kappa shape index (κ2) is 6.62. The van der Waals surface area contributed by atoms with Crippen molar-refractivity contribution in [2.45, 2.75) is 18.9 Å². The number of primary amides is 1. The fraction of sp³-hybridized carbons (Fsp3) is 0.312. The van der Waals surface area contributed by atoms with Gasteiger partial charge in [0.05, 0.1) is 6.04 Å². The highest BCUT2D eigenvalue weighted by Crippen LogP contribution is 2.16. The van der Waals surface area contributed by atoms with E-state index in [-0.39, 0.29) is 5.91 Å². The van der Waals surface area contributed by atoms with Crippen LogP contribution in [0.2, 0.25) is 0 Å². The average molecular weight is 313 g/mol. The van der Waals surface area contributed by atoms with Gasteiger partial charge in [-0.2, -0.15) is 5.10 Å². The van der Waals surface area contributed by atoms with Gasteiger partial charge in [-0.15, -0.1) is 0 Å². The summed E-state index contributed by atoms with van der Waals surface area (Å²) in [6.45, 7) is 1.91. The van der Waals surface area contributed by atoms with E-state index in [9.17, 15) is 9.59 Å². The number of aromatic nitrogens is 2. The van der Waals surface area contributed by atoms with Crippen LogP contribution in [-0.2, 0) is 0 Å². The first-order chi connectivity index (χ1) is 11.1. The van der Waals surface area contributed by atoms with Crippen LogP contribution in [0.1, 0.15) is 39.7 Å². The van der Waals surface area contributed by atoms with E-state index < -0.39 is 5.91 Å². The van der Waals surface area contributed by atoms with Crippen LogP contribution in [0, 0.1) is 0 Å². The minimum Gasteiger partial charge on any atom is -0.366 e. The molecule has 1 atom stereocenters. The van der Waals surface area contributed by atoms with Crippen LogP contribution in [0.5, 0.6) is 0 Å². The van der Waals surface area contributed by atoms with Crippen LogP contribution in [0.15, 0.2) is 36.5 Å². The van der Waals surface area contributed by atoms with E-state index >= 15 is 0 Å². The molecule has 3 rings (SSSR count). The molecule has 0 aliphatic carbocycles. The highest BCUT2D eigenvalue weighted by atomic mass is 16.2. The molecule has 1 unspecified atom stereocenters. The number of anilines is 1. The Labute approximate surface area is 133 Å². The van der Waals surface area contributed by atoms with Gasteiger partial charge in [-0.3, -0.25) is 14.3 Å². The van der Waals surface area contributed by atoms with Gasteiger partial charge in [0, 0.05) is 24.0 Å². The molecule has 4 N–H and O–H groups in total. The van der Waals surface area contributed by atoms with Crippen LogP contribution >= 0.6 is 0 Å². The molecule has 0 radical (unpaired) electrons. The summed E-state index contributed by atoms with van der Waals surface area (Å²) >= 11 is 0. The SMILES string of the molecule is NC(=O)c1ccc(NC(=O)c2ccn(C3CCCNC3)n2)cc1. The maximum atomic E-state index is 12.2. The summed E-state index contributed by atoms with van der Waals surface area (Å²) in [5.41, 5.74) is 6.55. The first-order valence-corrected chi connectivity index (χ1v) is 7.60. The lowest BCUT2D eigenvalue weighted by Crippen LogP contribution is -2.32. The number of hydrogen-bond acceptors (Lipinski definition) is 4. The molecule has 0 spiro atoms. The van der Waals surface area contributed by atoms with Crippen LogP contribution in [0.4, 0.5) is 5.69 Å². The normalized spacial score (nSPS) is 17.7. The zero-order valence-electron chi connectivity index (χ0n) is 12.7. The molecule has 120 valence electrons. The van der Waals surface area contributed by atoms with E-state index in [1.807, 2.05) is 10.9 Å². The minimum absolute atomic E-state index is 0.278. The second-order valence-corrected chi connectivity index (χ2v) is 5.58. The van der Waals surface area contributed by atoms with Crippen LogP contribution in [0.3, 0.4) is 0 Å². The van der Waals surface area contributed by atoms with Crippen molar-refractivity contribution < 1.29 is 9.59 Å². The highest BCUT2D eigenvalue weighted by Gasteiger charge is 2.17. The molecular weight excluding hydrogens is 294 g/mol. The number of rotatable bonds is 4. The van der Waals surface area contributed by atoms with Crippen molar-refractivity contribution in [3.8, 4) is 0 Å². The fourth-order valence-electron chi connectivity index (χ4n) is 2.63. The molecule has 2 aromatic rings. The Morgan fingerprint density at radius 3 is 2.70 bits per heavy atom. The monoisotopic (exact) mass is 313 g/mol. The van der Waals surface area contributed by atoms with Crippen molar-refractivity contribution in [1.82, 2.24) is 15.1 Å². The van der Waals surface area contributed by atoms with Gasteiger partial charge in [-0.05, 0) is 49.7 Å². The van der Waals surface area contributed by atoms with Crippen molar-refractivity contribution >= 4 is 17.5 Å². The predicted molar refractivity (Wildman–Crippen MR) is 86.3 cm³/mol. The molecule has 1 aromatic heterocycles. The van der Waals surface area contributed by atoms with Crippen LogP contribution in [-0.4, -0.2) is 34.7 Å². The fourth-order valence-corrected chi connectivity index (χ4v) is 2.63. The first kappa shape index (κ1) is 15.2. The largest absolute Gasteiger partial charge is 0.366 e. The summed E-state index contributed by atoms with van der Waals surface area (Å²) in [6.07, 6.45) is 4.01. The highest BCUT2D eigenvalue weighted by molar-refractivity contribution is 6.03. The van der Waals surface area contributed by atoms with Crippen molar-refractivity contribution in [1.29, 1.82) is 0 Å². The third kappa shape index (κ3) is 3.57. The summed E-state index contributed by atoms with van der Waals surface area (Å²) in [5.74, 6) is -0.776. The standard InChI is InChI=1S/C16H19N5O2/c17-15(22)11-3-5-12(6-4-11)19-16(23)14-7-9-21(20-14)13-2-1-8-18-10-13/h3-7,9,13,18H,1-2,8,10H2,(H2,17,22)(H,19,23). The van der Waals surface area contributed by atoms with Gasteiger partial charge in [0.1, 0.15) is 0 Å². The van der Waals surface area contributed by atoms with E-state index in [2.05, 4.69) is 15.7 Å². The van der Waals surface area contributed by atoms with Gasteiger partial charge in [0.25, 0.3) is 5.91 Å². The lowest BCUT2D eigenvalue weighted by molar-refractivity contribution is 0.0997. The van der Waals surface area contributed by atoms with Crippen LogP contribution < -0.4 is 16.4 Å². The summed E-state index contributed by atoms with van der Waals surface area (Å²) in [5, 5.41) is 10.5. The number of carbonyl (C=O) groups excluding carboxylic acids is 2. The molecule has 0 bridgehead atoms. The topological polar surface area (TPSA) is 102 Å². The Hall–Kier alpha value is -2.67. The zero-order chi connectivity index (χ0) is 16.2. The van der Waals surface area contributed by atoms with Gasteiger partial charge in [0.15, 0.2) is 5.69 Å². The van der Waals surface area contributed by atoms with Crippen LogP contribution in [0.25, 0.3) is 0 Å². The van der Waals surface area contributed by atoms with E-state index in [4.69, 9.17) is 5.73 Å². The third-order valence-electron chi connectivity index (χ3n) is 3.91. The third-order valence-corrected chi connectivity index (χ3v) is 3.91. The number of nitrogens with one attached hydrogen (secondary N) is 2. The minimum atomic E-state index is -0.497. The lowest BCUT2D eigenvalue weighted by Gasteiger charge is -2.22. The number of piperidine rings is 1. The number of nitrogens with two attached hydrogens (primary N) is 1. The van der Waals surface area contributed by atoms with E-state index in [1.165, 1.54) is 0 Å². The lowest BCUT2D eigenvalue weighted by atomic mass is 10.1. The Morgan fingerprint density at radius 1 is 1.26 bits per heavy atom. The molecule has 1 fully saturated rings. The summed E-state index contributed by atoms with van der Waals surface area (Å²) < 4.78 is 1.84. The number of hydrogen-bond donors (Lipinski definition) is 3. The van der Waals surface area contributed by atoms with E-state index in [1.54, 1.807) is 30.3 Å². The maximum Gasteiger partial charge on any atom is 0.276 e. The van der Waals surface area contributed by atoms with Crippen molar-refractivity contribution in [3.05, 3.63) is 47.8 Å². The molecule has 7 nitrogen and oxygen atoms in total. The Kier molecular flexibility index (Phi) is 4.38. The zero-order valence-corrected chi connectivity index (χ0v) is 12.7. The number of benzene rings is 1. The molecule has 2 amide bonds. The number of nitrogens with zero attached hydrogens (tertiary/aromatic N) is 2. The molecule has 1 aliphatic rings. The van der Waals surface area contributed by atoms with Crippen molar-refractivity contribution in [3.63, 3.8) is 0 Å². The Morgan fingerprint density at radius 2 is 2.04 bits per heavy atom. The molecule has 0 saturated carbocycles. The second-order valence-electron chi connectivity index (χ2n) is 5.58. The van der Waals surface area contributed by atoms with Crippen molar-refractivity contribution in [2.24, 2.45) is 5.73 Å². The Bertz CT molecular complexity index is 702. The van der Waals surface area contributed by atoms with Gasteiger partial charge >= 0.3 is 0 Å². The average Bonchev–Trinajstić information content (AvgIpc) is 3.06. The Balaban J connectivity index is 1.66.